The van der Waals surface area contributed by atoms with E-state index in [0.717, 1.165) is 27.1 Å². The van der Waals surface area contributed by atoms with Crippen LogP contribution in [0.2, 0.25) is 0 Å². The monoisotopic (exact) mass is 656 g/mol. The number of hydrogen-bond acceptors (Lipinski definition) is 8. The normalized spacial score (nSPS) is 18.1. The van der Waals surface area contributed by atoms with E-state index in [9.17, 15) is 24.6 Å². The summed E-state index contributed by atoms with van der Waals surface area (Å²) in [5, 5.41) is 24.1. The van der Waals surface area contributed by atoms with Gasteiger partial charge in [0.15, 0.2) is 6.29 Å². The smallest absolute Gasteiger partial charge is 0.335 e. The summed E-state index contributed by atoms with van der Waals surface area (Å²) < 4.78 is 17.7. The van der Waals surface area contributed by atoms with E-state index in [1.54, 1.807) is 48.2 Å². The molecule has 0 aromatic heterocycles. The lowest BCUT2D eigenvalue weighted by molar-refractivity contribution is -0.245. The zero-order valence-corrected chi connectivity index (χ0v) is 26.5. The van der Waals surface area contributed by atoms with E-state index < -0.39 is 30.3 Å². The predicted molar refractivity (Wildman–Crippen MR) is 177 cm³/mol. The molecule has 1 aliphatic heterocycles. The maximum atomic E-state index is 12.8. The van der Waals surface area contributed by atoms with Gasteiger partial charge in [-0.25, -0.2) is 14.4 Å². The molecule has 244 valence electrons. The highest BCUT2D eigenvalue weighted by Crippen LogP contribution is 2.39. The van der Waals surface area contributed by atoms with Gasteiger partial charge in [0, 0.05) is 34.7 Å². The van der Waals surface area contributed by atoms with Crippen molar-refractivity contribution in [3.05, 3.63) is 131 Å². The number of benzene rings is 4. The lowest BCUT2D eigenvalue weighted by Gasteiger charge is -2.36. The first-order valence-corrected chi connectivity index (χ1v) is 16.1. The highest BCUT2D eigenvalue weighted by molar-refractivity contribution is 7.99. The van der Waals surface area contributed by atoms with Gasteiger partial charge in [-0.15, -0.1) is 11.8 Å². The number of aromatic carboxylic acids is 1. The molecular weight excluding hydrogens is 620 g/mol. The number of aliphatic hydroxyl groups is 1. The number of esters is 1. The van der Waals surface area contributed by atoms with Crippen LogP contribution in [0.15, 0.2) is 108 Å². The lowest BCUT2D eigenvalue weighted by atomic mass is 10.0. The van der Waals surface area contributed by atoms with Gasteiger partial charge in [0.1, 0.15) is 6.04 Å². The molecule has 0 spiro atoms. The Balaban J connectivity index is 1.25. The van der Waals surface area contributed by atoms with Gasteiger partial charge in [0.25, 0.3) is 0 Å². The summed E-state index contributed by atoms with van der Waals surface area (Å²) in [7, 11) is 1.28. The van der Waals surface area contributed by atoms with Crippen LogP contribution >= 0.6 is 11.8 Å². The van der Waals surface area contributed by atoms with Crippen LogP contribution in [0.4, 0.5) is 10.5 Å². The molecule has 1 heterocycles. The molecule has 1 aliphatic rings. The van der Waals surface area contributed by atoms with Crippen LogP contribution < -0.4 is 10.6 Å². The number of nitrogens with one attached hydrogen (secondary N) is 2. The maximum absolute atomic E-state index is 12.8. The van der Waals surface area contributed by atoms with Gasteiger partial charge in [-0.1, -0.05) is 66.7 Å². The first kappa shape index (κ1) is 33.7. The Morgan fingerprint density at radius 3 is 2.19 bits per heavy atom. The van der Waals surface area contributed by atoms with Crippen molar-refractivity contribution in [2.24, 2.45) is 0 Å². The van der Waals surface area contributed by atoms with Crippen LogP contribution in [0.3, 0.4) is 0 Å². The van der Waals surface area contributed by atoms with Crippen LogP contribution in [-0.2, 0) is 32.0 Å². The third kappa shape index (κ3) is 9.43. The highest BCUT2D eigenvalue weighted by Gasteiger charge is 2.32. The Morgan fingerprint density at radius 1 is 0.872 bits per heavy atom. The molecule has 0 aliphatic carbocycles. The van der Waals surface area contributed by atoms with Crippen molar-refractivity contribution in [2.45, 2.75) is 48.9 Å². The van der Waals surface area contributed by atoms with E-state index in [1.165, 1.54) is 7.11 Å². The second kappa shape index (κ2) is 16.2. The van der Waals surface area contributed by atoms with E-state index >= 15 is 0 Å². The van der Waals surface area contributed by atoms with Gasteiger partial charge < -0.3 is 35.1 Å². The number of rotatable bonds is 12. The quantitative estimate of drug-likeness (QED) is 0.105. The summed E-state index contributed by atoms with van der Waals surface area (Å²) >= 11 is 1.57. The molecule has 4 N–H and O–H groups in total. The molecule has 10 nitrogen and oxygen atoms in total. The number of anilines is 1. The largest absolute Gasteiger partial charge is 0.478 e. The number of urea groups is 1. The Bertz CT molecular complexity index is 1630. The van der Waals surface area contributed by atoms with Crippen molar-refractivity contribution in [1.29, 1.82) is 0 Å². The molecule has 1 fully saturated rings. The van der Waals surface area contributed by atoms with Gasteiger partial charge >= 0.3 is 18.0 Å². The van der Waals surface area contributed by atoms with Gasteiger partial charge in [-0.3, -0.25) is 0 Å². The summed E-state index contributed by atoms with van der Waals surface area (Å²) in [6.07, 6.45) is -0.274. The minimum Gasteiger partial charge on any atom is -0.478 e. The third-order valence-corrected chi connectivity index (χ3v) is 8.81. The molecule has 0 bridgehead atoms. The molecule has 1 saturated heterocycles. The molecule has 0 saturated carbocycles. The van der Waals surface area contributed by atoms with Gasteiger partial charge in [0.05, 0.1) is 31.5 Å². The van der Waals surface area contributed by atoms with Crippen molar-refractivity contribution in [3.63, 3.8) is 0 Å². The second-order valence-corrected chi connectivity index (χ2v) is 12.1. The van der Waals surface area contributed by atoms with Crippen LogP contribution in [0, 0.1) is 0 Å². The number of amides is 2. The fourth-order valence-electron chi connectivity index (χ4n) is 5.14. The second-order valence-electron chi connectivity index (χ2n) is 11.0. The number of hydrogen-bond donors (Lipinski definition) is 4. The SMILES string of the molecule is COC(=O)C(Cc1ccccc1)NC(=O)Nc1ccc(C2OC(CSc3ccc(C(=O)O)cc3)CC(c3ccc(CO)cc3)O2)cc1. The van der Waals surface area contributed by atoms with E-state index in [2.05, 4.69) is 10.6 Å². The molecule has 4 aromatic carbocycles. The summed E-state index contributed by atoms with van der Waals surface area (Å²) in [6.45, 7) is -0.0494. The van der Waals surface area contributed by atoms with E-state index in [1.807, 2.05) is 66.7 Å². The fourth-order valence-corrected chi connectivity index (χ4v) is 6.06. The Kier molecular flexibility index (Phi) is 11.6. The standard InChI is InChI=1S/C36H36N2O8S/c1-44-34(42)31(19-23-5-3-2-4-6-23)38-36(43)37-28-15-11-27(12-16-28)35-45-29(22-47-30-17-13-26(14-18-30)33(40)41)20-32(46-35)25-9-7-24(21-39)8-10-25/h2-18,29,31-32,35,39H,19-22H2,1H3,(H,40,41)(H2,37,38,43). The molecule has 4 unspecified atom stereocenters. The molecule has 5 rings (SSSR count). The lowest BCUT2D eigenvalue weighted by Crippen LogP contribution is -2.45. The van der Waals surface area contributed by atoms with Crippen molar-refractivity contribution in [3.8, 4) is 0 Å². The minimum absolute atomic E-state index is 0.0494. The number of aliphatic hydroxyl groups excluding tert-OH is 1. The molecule has 11 heteroatoms. The predicted octanol–water partition coefficient (Wildman–Crippen LogP) is 6.12. The Hall–Kier alpha value is -4.68. The molecule has 47 heavy (non-hydrogen) atoms. The summed E-state index contributed by atoms with van der Waals surface area (Å²) in [5.74, 6) is -0.902. The van der Waals surface area contributed by atoms with Gasteiger partial charge in [-0.05, 0) is 53.1 Å². The topological polar surface area (TPSA) is 143 Å². The number of methoxy groups -OCH3 is 1. The zero-order valence-electron chi connectivity index (χ0n) is 25.7. The molecule has 4 atom stereocenters. The van der Waals surface area contributed by atoms with Crippen LogP contribution in [0.25, 0.3) is 0 Å². The molecule has 4 aromatic rings. The van der Waals surface area contributed by atoms with Crippen molar-refractivity contribution >= 4 is 35.4 Å². The first-order valence-electron chi connectivity index (χ1n) is 15.1. The van der Waals surface area contributed by atoms with E-state index in [0.29, 0.717) is 17.9 Å². The van der Waals surface area contributed by atoms with Crippen LogP contribution in [0.1, 0.15) is 51.4 Å². The van der Waals surface area contributed by atoms with Crippen LogP contribution in [0.5, 0.6) is 0 Å². The summed E-state index contributed by atoms with van der Waals surface area (Å²) in [6, 6.07) is 29.4. The highest BCUT2D eigenvalue weighted by atomic mass is 32.2. The molecule has 2 amide bonds. The fraction of sp³-hybridized carbons (Fsp3) is 0.250. The van der Waals surface area contributed by atoms with Crippen molar-refractivity contribution in [2.75, 3.05) is 18.2 Å². The average Bonchev–Trinajstić information content (AvgIpc) is 3.11. The van der Waals surface area contributed by atoms with Gasteiger partial charge in [0.2, 0.25) is 0 Å². The summed E-state index contributed by atoms with van der Waals surface area (Å²) in [4.78, 5) is 37.3. The zero-order chi connectivity index (χ0) is 33.2. The number of carboxylic acids is 1. The van der Waals surface area contributed by atoms with Gasteiger partial charge in [-0.2, -0.15) is 0 Å². The van der Waals surface area contributed by atoms with Crippen LogP contribution in [-0.4, -0.2) is 53.2 Å². The number of ether oxygens (including phenoxy) is 3. The number of carbonyl (C=O) groups is 3. The minimum atomic E-state index is -0.970. The summed E-state index contributed by atoms with van der Waals surface area (Å²) in [5.41, 5.74) is 4.15. The number of carboxylic acid groups (broad SMARTS) is 1. The van der Waals surface area contributed by atoms with Crippen molar-refractivity contribution in [1.82, 2.24) is 5.32 Å². The van der Waals surface area contributed by atoms with E-state index in [4.69, 9.17) is 14.2 Å². The van der Waals surface area contributed by atoms with Crippen molar-refractivity contribution < 1.29 is 38.8 Å². The first-order chi connectivity index (χ1) is 22.8. The maximum Gasteiger partial charge on any atom is 0.335 e. The molecule has 0 radical (unpaired) electrons. The Labute approximate surface area is 277 Å². The Morgan fingerprint density at radius 2 is 1.55 bits per heavy atom. The number of thioether (sulfide) groups is 1. The average molecular weight is 657 g/mol. The third-order valence-electron chi connectivity index (χ3n) is 7.67. The molecular formula is C36H36N2O8S. The number of carbonyl (C=O) groups excluding carboxylic acids is 2. The van der Waals surface area contributed by atoms with E-state index in [-0.39, 0.29) is 30.8 Å².